The lowest BCUT2D eigenvalue weighted by atomic mass is 10.0. The zero-order valence-electron chi connectivity index (χ0n) is 26.6. The van der Waals surface area contributed by atoms with Gasteiger partial charge in [-0.25, -0.2) is 0 Å². The second-order valence-electron chi connectivity index (χ2n) is 10.6. The lowest BCUT2D eigenvalue weighted by molar-refractivity contribution is 0.355. The maximum absolute atomic E-state index is 12.8. The number of benzene rings is 4. The van der Waals surface area contributed by atoms with Crippen molar-refractivity contribution in [2.24, 2.45) is 0 Å². The molecule has 0 bridgehead atoms. The van der Waals surface area contributed by atoms with Gasteiger partial charge in [-0.15, -0.1) is 0 Å². The number of hydrogen-bond donors (Lipinski definition) is 1. The molecule has 9 heteroatoms. The Kier molecular flexibility index (Phi) is 9.04. The molecule has 0 unspecified atom stereocenters. The van der Waals surface area contributed by atoms with Gasteiger partial charge in [-0.2, -0.15) is 0 Å². The summed E-state index contributed by atoms with van der Waals surface area (Å²) in [5, 5.41) is 10.7. The number of rotatable bonds is 6. The summed E-state index contributed by atoms with van der Waals surface area (Å²) in [5.41, 5.74) is 5.75. The first-order valence-electron chi connectivity index (χ1n) is 14.3. The third-order valence-corrected chi connectivity index (χ3v) is 8.01. The molecule has 6 aromatic rings. The largest absolute Gasteiger partial charge is 0.508 e. The van der Waals surface area contributed by atoms with Gasteiger partial charge in [0.25, 0.3) is 0 Å². The molecule has 0 spiro atoms. The number of methoxy groups -OCH3 is 4. The highest BCUT2D eigenvalue weighted by Crippen LogP contribution is 2.34. The van der Waals surface area contributed by atoms with Gasteiger partial charge >= 0.3 is 0 Å². The van der Waals surface area contributed by atoms with E-state index in [4.69, 9.17) is 27.8 Å². The third-order valence-electron chi connectivity index (χ3n) is 8.01. The highest BCUT2D eigenvalue weighted by atomic mass is 16.5. The van der Waals surface area contributed by atoms with Gasteiger partial charge in [-0.1, -0.05) is 18.2 Å². The van der Waals surface area contributed by atoms with Crippen LogP contribution >= 0.6 is 0 Å². The van der Waals surface area contributed by atoms with E-state index in [0.717, 1.165) is 16.7 Å². The number of ether oxygens (including phenoxy) is 4. The molecule has 2 aromatic heterocycles. The molecule has 236 valence electrons. The van der Waals surface area contributed by atoms with Gasteiger partial charge in [0, 0.05) is 5.56 Å². The van der Waals surface area contributed by atoms with Gasteiger partial charge in [-0.05, 0) is 85.5 Å². The Morgan fingerprint density at radius 2 is 0.978 bits per heavy atom. The van der Waals surface area contributed by atoms with Crippen LogP contribution in [0.15, 0.2) is 91.6 Å². The topological polar surface area (TPSA) is 118 Å². The highest BCUT2D eigenvalue weighted by Gasteiger charge is 2.16. The van der Waals surface area contributed by atoms with Crippen molar-refractivity contribution in [2.45, 2.75) is 20.8 Å². The summed E-state index contributed by atoms with van der Waals surface area (Å²) in [6.45, 7) is 5.66. The standard InChI is InChI=1S/C19H18O4.C18H16O5/c1-11-5-7-14-18(20)15(10-23-19(14)12(11)2)13-6-8-16(21-3)17(9-13)22-4;1-10-14(19)6-5-12-17(20)13(9-23-18(10)12)11-4-7-15(21-2)16(8-11)22-3/h5-10H,1-4H3;4-9,19H,1-3H3. The van der Waals surface area contributed by atoms with E-state index in [-0.39, 0.29) is 16.6 Å². The van der Waals surface area contributed by atoms with E-state index in [2.05, 4.69) is 0 Å². The fourth-order valence-corrected chi connectivity index (χ4v) is 5.17. The number of phenolic OH excluding ortho intramolecular Hbond substituents is 1. The zero-order valence-corrected chi connectivity index (χ0v) is 26.6. The van der Waals surface area contributed by atoms with Crippen molar-refractivity contribution in [3.05, 3.63) is 110 Å². The fraction of sp³-hybridized carbons (Fsp3) is 0.189. The first-order chi connectivity index (χ1) is 22.1. The Morgan fingerprint density at radius 3 is 1.43 bits per heavy atom. The van der Waals surface area contributed by atoms with Gasteiger partial charge in [0.15, 0.2) is 23.0 Å². The molecule has 2 heterocycles. The molecule has 4 aromatic carbocycles. The van der Waals surface area contributed by atoms with E-state index in [9.17, 15) is 14.7 Å². The molecule has 0 saturated carbocycles. The normalized spacial score (nSPS) is 10.8. The Bertz CT molecular complexity index is 2030. The van der Waals surface area contributed by atoms with Crippen LogP contribution in [0.2, 0.25) is 0 Å². The van der Waals surface area contributed by atoms with Gasteiger partial charge in [0.2, 0.25) is 10.9 Å². The Morgan fingerprint density at radius 1 is 0.543 bits per heavy atom. The number of aromatic hydroxyl groups is 1. The molecule has 0 radical (unpaired) electrons. The predicted octanol–water partition coefficient (Wildman–Crippen LogP) is 7.59. The number of fused-ring (bicyclic) bond motifs is 2. The van der Waals surface area contributed by atoms with E-state index in [1.165, 1.54) is 25.7 Å². The van der Waals surface area contributed by atoms with Crippen molar-refractivity contribution in [1.29, 1.82) is 0 Å². The number of aryl methyl sites for hydroxylation is 3. The van der Waals surface area contributed by atoms with Crippen LogP contribution in [0.3, 0.4) is 0 Å². The molecular formula is C37H34O9. The molecule has 0 saturated heterocycles. The van der Waals surface area contributed by atoms with E-state index in [0.29, 0.717) is 67.2 Å². The number of hydrogen-bond acceptors (Lipinski definition) is 9. The Labute approximate surface area is 265 Å². The summed E-state index contributed by atoms with van der Waals surface area (Å²) in [6.07, 6.45) is 2.91. The molecule has 46 heavy (non-hydrogen) atoms. The maximum Gasteiger partial charge on any atom is 0.200 e. The minimum atomic E-state index is -0.165. The van der Waals surface area contributed by atoms with Crippen LogP contribution in [0, 0.1) is 20.8 Å². The first kappa shape index (κ1) is 31.7. The van der Waals surface area contributed by atoms with Gasteiger partial charge < -0.3 is 32.9 Å². The Balaban J connectivity index is 0.000000181. The average molecular weight is 623 g/mol. The van der Waals surface area contributed by atoms with Crippen LogP contribution < -0.4 is 29.8 Å². The van der Waals surface area contributed by atoms with Gasteiger partial charge in [0.05, 0.1) is 50.3 Å². The summed E-state index contributed by atoms with van der Waals surface area (Å²) >= 11 is 0. The average Bonchev–Trinajstić information content (AvgIpc) is 3.08. The van der Waals surface area contributed by atoms with Crippen LogP contribution in [0.25, 0.3) is 44.2 Å². The smallest absolute Gasteiger partial charge is 0.200 e. The molecular weight excluding hydrogens is 588 g/mol. The molecule has 0 aliphatic rings. The van der Waals surface area contributed by atoms with E-state index < -0.39 is 0 Å². The van der Waals surface area contributed by atoms with Crippen molar-refractivity contribution >= 4 is 21.9 Å². The lowest BCUT2D eigenvalue weighted by Gasteiger charge is -2.10. The Hall–Kier alpha value is -5.70. The van der Waals surface area contributed by atoms with Crippen molar-refractivity contribution in [1.82, 2.24) is 0 Å². The lowest BCUT2D eigenvalue weighted by Crippen LogP contribution is -2.06. The van der Waals surface area contributed by atoms with Crippen LogP contribution in [0.5, 0.6) is 28.7 Å². The van der Waals surface area contributed by atoms with E-state index in [1.54, 1.807) is 64.7 Å². The van der Waals surface area contributed by atoms with Crippen molar-refractivity contribution < 1.29 is 32.9 Å². The third kappa shape index (κ3) is 5.75. The molecule has 0 atom stereocenters. The maximum atomic E-state index is 12.8. The summed E-state index contributed by atoms with van der Waals surface area (Å²) in [7, 11) is 6.23. The van der Waals surface area contributed by atoms with Crippen molar-refractivity contribution in [3.8, 4) is 51.0 Å². The van der Waals surface area contributed by atoms with Crippen molar-refractivity contribution in [3.63, 3.8) is 0 Å². The zero-order chi connectivity index (χ0) is 33.1. The van der Waals surface area contributed by atoms with E-state index in [1.807, 2.05) is 32.0 Å². The van der Waals surface area contributed by atoms with Crippen molar-refractivity contribution in [2.75, 3.05) is 28.4 Å². The summed E-state index contributed by atoms with van der Waals surface area (Å²) in [4.78, 5) is 25.5. The molecule has 0 amide bonds. The highest BCUT2D eigenvalue weighted by molar-refractivity contribution is 5.86. The minimum Gasteiger partial charge on any atom is -0.508 e. The summed E-state index contributed by atoms with van der Waals surface area (Å²) in [5.74, 6) is 2.41. The van der Waals surface area contributed by atoms with Crippen LogP contribution in [0.4, 0.5) is 0 Å². The second kappa shape index (κ2) is 13.1. The fourth-order valence-electron chi connectivity index (χ4n) is 5.17. The summed E-state index contributed by atoms with van der Waals surface area (Å²) < 4.78 is 32.3. The molecule has 0 fully saturated rings. The molecule has 9 nitrogen and oxygen atoms in total. The molecule has 0 aliphatic heterocycles. The van der Waals surface area contributed by atoms with Crippen LogP contribution in [0.1, 0.15) is 16.7 Å². The molecule has 1 N–H and O–H groups in total. The predicted molar refractivity (Wildman–Crippen MR) is 178 cm³/mol. The molecule has 0 aliphatic carbocycles. The van der Waals surface area contributed by atoms with Gasteiger partial charge in [0.1, 0.15) is 29.4 Å². The molecule has 6 rings (SSSR count). The van der Waals surface area contributed by atoms with Gasteiger partial charge in [-0.3, -0.25) is 9.59 Å². The first-order valence-corrected chi connectivity index (χ1v) is 14.3. The quantitative estimate of drug-likeness (QED) is 0.200. The second-order valence-corrected chi connectivity index (χ2v) is 10.6. The minimum absolute atomic E-state index is 0.0541. The monoisotopic (exact) mass is 622 g/mol. The number of phenols is 1. The van der Waals surface area contributed by atoms with Crippen LogP contribution in [-0.4, -0.2) is 33.5 Å². The van der Waals surface area contributed by atoms with E-state index >= 15 is 0 Å². The SMILES string of the molecule is COc1ccc(-c2coc3c(C)c(C)ccc3c2=O)cc1OC.COc1ccc(-c2coc3c(C)c(O)ccc3c2=O)cc1OC. The summed E-state index contributed by atoms with van der Waals surface area (Å²) in [6, 6.07) is 17.4. The van der Waals surface area contributed by atoms with Crippen LogP contribution in [-0.2, 0) is 0 Å².